The van der Waals surface area contributed by atoms with E-state index in [2.05, 4.69) is 15.1 Å². The average molecular weight is 447 g/mol. The van der Waals surface area contributed by atoms with Crippen LogP contribution in [-0.2, 0) is 20.6 Å². The van der Waals surface area contributed by atoms with E-state index in [9.17, 15) is 12.6 Å². The number of hydrogen-bond acceptors (Lipinski definition) is 7. The zero-order valence-electron chi connectivity index (χ0n) is 17.6. The summed E-state index contributed by atoms with van der Waals surface area (Å²) >= 11 is 0. The van der Waals surface area contributed by atoms with E-state index in [1.54, 1.807) is 0 Å². The number of sulfone groups is 1. The fourth-order valence-electron chi connectivity index (χ4n) is 3.45. The van der Waals surface area contributed by atoms with Gasteiger partial charge in [0.2, 0.25) is 5.82 Å². The number of pyridine rings is 1. The van der Waals surface area contributed by atoms with Crippen LogP contribution in [0, 0.1) is 27.7 Å². The Bertz CT molecular complexity index is 1470. The lowest BCUT2D eigenvalue weighted by Gasteiger charge is -2.12. The number of hydrogen-bond donors (Lipinski definition) is 0. The summed E-state index contributed by atoms with van der Waals surface area (Å²) in [5, 5.41) is 9.06. The molecule has 0 fully saturated rings. The second-order valence-electron chi connectivity index (χ2n) is 7.27. The Balaban J connectivity index is 2.07. The maximum Gasteiger partial charge on any atom is 0.204 e. The third-order valence-corrected chi connectivity index (χ3v) is 7.82. The maximum absolute atomic E-state index is 13.0. The Hall–Kier alpha value is -2.66. The molecule has 0 aliphatic heterocycles. The van der Waals surface area contributed by atoms with Gasteiger partial charge in [0.25, 0.3) is 0 Å². The number of nitrogens with zero attached hydrogens (tertiary/aromatic N) is 6. The third kappa shape index (κ3) is 3.03. The van der Waals surface area contributed by atoms with Crippen molar-refractivity contribution in [3.05, 3.63) is 34.8 Å². The molecule has 1 atom stereocenters. The van der Waals surface area contributed by atoms with Gasteiger partial charge in [-0.1, -0.05) is 6.92 Å². The summed E-state index contributed by atoms with van der Waals surface area (Å²) in [4.78, 5) is 9.00. The van der Waals surface area contributed by atoms with Crippen molar-refractivity contribution >= 4 is 31.8 Å². The lowest BCUT2D eigenvalue weighted by Crippen LogP contribution is -2.03. The molecular formula is C19H22N6O3S2. The van der Waals surface area contributed by atoms with E-state index in [1.165, 1.54) is 16.9 Å². The Labute approximate surface area is 176 Å². The van der Waals surface area contributed by atoms with Gasteiger partial charge in [-0.25, -0.2) is 27.4 Å². The highest BCUT2D eigenvalue weighted by atomic mass is 32.2. The zero-order valence-corrected chi connectivity index (χ0v) is 19.2. The molecule has 11 heteroatoms. The summed E-state index contributed by atoms with van der Waals surface area (Å²) in [6.07, 6.45) is 2.39. The lowest BCUT2D eigenvalue weighted by atomic mass is 10.0. The molecule has 4 aromatic heterocycles. The minimum atomic E-state index is -3.48. The summed E-state index contributed by atoms with van der Waals surface area (Å²) in [5.74, 6) is 0.699. The summed E-state index contributed by atoms with van der Waals surface area (Å²) in [5.41, 5.74) is 5.78. The van der Waals surface area contributed by atoms with Crippen molar-refractivity contribution in [3.8, 4) is 11.5 Å². The molecule has 9 nitrogen and oxygen atoms in total. The van der Waals surface area contributed by atoms with Crippen molar-refractivity contribution in [2.45, 2.75) is 44.5 Å². The van der Waals surface area contributed by atoms with Gasteiger partial charge in [0.1, 0.15) is 12.0 Å². The first kappa shape index (κ1) is 20.6. The predicted octanol–water partition coefficient (Wildman–Crippen LogP) is 2.20. The number of rotatable bonds is 4. The van der Waals surface area contributed by atoms with Gasteiger partial charge in [0.05, 0.1) is 21.2 Å². The second kappa shape index (κ2) is 6.95. The van der Waals surface area contributed by atoms with Gasteiger partial charge in [0.15, 0.2) is 20.5 Å². The Kier molecular flexibility index (Phi) is 4.77. The fourth-order valence-corrected chi connectivity index (χ4v) is 5.10. The predicted molar refractivity (Wildman–Crippen MR) is 114 cm³/mol. The maximum atomic E-state index is 13.0. The first-order valence-corrected chi connectivity index (χ1v) is 12.6. The standard InChI is InChI=1S/C19H22N6O3S2/c1-7-29(26)18-16(22-25-13(5)11(3)10(2)12(4)17(18)25)19-21-14-8-15(30(6,27)28)20-9-24(14)23-19/h8-9H,7H2,1-6H3. The molecule has 0 spiro atoms. The molecule has 0 aliphatic carbocycles. The van der Waals surface area contributed by atoms with Crippen molar-refractivity contribution in [3.63, 3.8) is 0 Å². The lowest BCUT2D eigenvalue weighted by molar-refractivity contribution is 0.597. The van der Waals surface area contributed by atoms with Crippen LogP contribution < -0.4 is 0 Å². The fraction of sp³-hybridized carbons (Fsp3) is 0.368. The third-order valence-electron chi connectivity index (χ3n) is 5.47. The number of aromatic nitrogens is 6. The van der Waals surface area contributed by atoms with Gasteiger partial charge in [-0.3, -0.25) is 4.21 Å². The van der Waals surface area contributed by atoms with Gasteiger partial charge in [0, 0.05) is 23.8 Å². The molecule has 4 heterocycles. The molecule has 1 unspecified atom stereocenters. The Morgan fingerprint density at radius 3 is 2.40 bits per heavy atom. The molecule has 0 saturated carbocycles. The van der Waals surface area contributed by atoms with Crippen LogP contribution >= 0.6 is 0 Å². The van der Waals surface area contributed by atoms with E-state index in [4.69, 9.17) is 5.10 Å². The number of aryl methyl sites for hydroxylation is 2. The van der Waals surface area contributed by atoms with E-state index in [0.717, 1.165) is 34.2 Å². The average Bonchev–Trinajstić information content (AvgIpc) is 3.30. The van der Waals surface area contributed by atoms with Crippen LogP contribution in [0.5, 0.6) is 0 Å². The summed E-state index contributed by atoms with van der Waals surface area (Å²) in [7, 11) is -4.78. The van der Waals surface area contributed by atoms with Gasteiger partial charge >= 0.3 is 0 Å². The monoisotopic (exact) mass is 446 g/mol. The minimum absolute atomic E-state index is 0.0840. The molecule has 4 rings (SSSR count). The van der Waals surface area contributed by atoms with Crippen molar-refractivity contribution < 1.29 is 12.6 Å². The second-order valence-corrected chi connectivity index (χ2v) is 10.9. The van der Waals surface area contributed by atoms with Crippen LogP contribution in [0.25, 0.3) is 22.7 Å². The first-order valence-electron chi connectivity index (χ1n) is 9.34. The van der Waals surface area contributed by atoms with E-state index in [0.29, 0.717) is 22.0 Å². The Morgan fingerprint density at radius 1 is 1.07 bits per heavy atom. The molecule has 0 amide bonds. The Morgan fingerprint density at radius 2 is 1.77 bits per heavy atom. The van der Waals surface area contributed by atoms with E-state index in [1.807, 2.05) is 39.1 Å². The largest absolute Gasteiger partial charge is 0.254 e. The summed E-state index contributed by atoms with van der Waals surface area (Å²) in [6, 6.07) is 1.36. The topological polar surface area (TPSA) is 112 Å². The van der Waals surface area contributed by atoms with Crippen molar-refractivity contribution in [2.75, 3.05) is 12.0 Å². The van der Waals surface area contributed by atoms with E-state index < -0.39 is 20.6 Å². The SMILES string of the molecule is CCS(=O)c1c(-c2nc3cc(S(C)(=O)=O)ncn3n2)nn2c(C)c(C)c(C)c(C)c12. The summed E-state index contributed by atoms with van der Waals surface area (Å²) in [6.45, 7) is 9.91. The molecule has 0 N–H and O–H groups in total. The quantitative estimate of drug-likeness (QED) is 0.442. The highest BCUT2D eigenvalue weighted by Gasteiger charge is 2.26. The van der Waals surface area contributed by atoms with Crippen LogP contribution in [-0.4, -0.2) is 53.8 Å². The van der Waals surface area contributed by atoms with Crippen LogP contribution in [0.15, 0.2) is 22.3 Å². The van der Waals surface area contributed by atoms with Gasteiger partial charge in [-0.2, -0.15) is 5.10 Å². The van der Waals surface area contributed by atoms with E-state index >= 15 is 0 Å². The van der Waals surface area contributed by atoms with E-state index in [-0.39, 0.29) is 10.9 Å². The van der Waals surface area contributed by atoms with Gasteiger partial charge in [-0.15, -0.1) is 5.10 Å². The van der Waals surface area contributed by atoms with Crippen LogP contribution in [0.3, 0.4) is 0 Å². The molecule has 0 saturated heterocycles. The van der Waals surface area contributed by atoms with Crippen LogP contribution in [0.1, 0.15) is 29.3 Å². The molecule has 0 aliphatic rings. The van der Waals surface area contributed by atoms with Gasteiger partial charge in [-0.05, 0) is 44.4 Å². The molecule has 0 aromatic carbocycles. The van der Waals surface area contributed by atoms with Crippen molar-refractivity contribution in [2.24, 2.45) is 0 Å². The van der Waals surface area contributed by atoms with Crippen LogP contribution in [0.4, 0.5) is 0 Å². The molecule has 0 bridgehead atoms. The van der Waals surface area contributed by atoms with Crippen molar-refractivity contribution in [1.82, 2.24) is 29.2 Å². The molecular weight excluding hydrogens is 424 g/mol. The number of fused-ring (bicyclic) bond motifs is 2. The molecule has 4 aromatic rings. The van der Waals surface area contributed by atoms with Crippen LogP contribution in [0.2, 0.25) is 0 Å². The van der Waals surface area contributed by atoms with Crippen molar-refractivity contribution in [1.29, 1.82) is 0 Å². The molecule has 0 radical (unpaired) electrons. The summed E-state index contributed by atoms with van der Waals surface area (Å²) < 4.78 is 39.9. The molecule has 158 valence electrons. The highest BCUT2D eigenvalue weighted by molar-refractivity contribution is 7.90. The highest BCUT2D eigenvalue weighted by Crippen LogP contribution is 2.33. The zero-order chi connectivity index (χ0) is 22.0. The minimum Gasteiger partial charge on any atom is -0.254 e. The molecule has 30 heavy (non-hydrogen) atoms. The smallest absolute Gasteiger partial charge is 0.204 e. The first-order chi connectivity index (χ1) is 14.0. The van der Waals surface area contributed by atoms with Gasteiger partial charge < -0.3 is 0 Å². The normalized spacial score (nSPS) is 13.4.